The van der Waals surface area contributed by atoms with Crippen LogP contribution in [0.1, 0.15) is 40.3 Å². The third-order valence-corrected chi connectivity index (χ3v) is 4.57. The van der Waals surface area contributed by atoms with Crippen LogP contribution >= 0.6 is 11.6 Å². The molecule has 0 spiro atoms. The minimum absolute atomic E-state index is 0.104. The number of aromatic carboxylic acids is 1. The van der Waals surface area contributed by atoms with Crippen LogP contribution in [0.4, 0.5) is 11.5 Å². The summed E-state index contributed by atoms with van der Waals surface area (Å²) in [5, 5.41) is 22.1. The summed E-state index contributed by atoms with van der Waals surface area (Å²) in [6, 6.07) is 8.71. The molecular weight excluding hydrogens is 392 g/mol. The molecule has 1 atom stereocenters. The monoisotopic (exact) mass is 410 g/mol. The van der Waals surface area contributed by atoms with E-state index in [0.717, 1.165) is 11.1 Å². The van der Waals surface area contributed by atoms with Gasteiger partial charge in [-0.2, -0.15) is 5.26 Å². The fraction of sp³-hybridized carbons (Fsp3) is 0.250. The molecule has 8 nitrogen and oxygen atoms in total. The number of nitrogens with zero attached hydrogens (tertiary/aromatic N) is 5. The van der Waals surface area contributed by atoms with E-state index < -0.39 is 5.97 Å². The van der Waals surface area contributed by atoms with Gasteiger partial charge in [0.1, 0.15) is 11.2 Å². The van der Waals surface area contributed by atoms with Gasteiger partial charge in [-0.3, -0.25) is 0 Å². The van der Waals surface area contributed by atoms with E-state index in [9.17, 15) is 15.2 Å². The highest BCUT2D eigenvalue weighted by Crippen LogP contribution is 2.30. The molecule has 0 aliphatic carbocycles. The van der Waals surface area contributed by atoms with Crippen molar-refractivity contribution in [2.75, 3.05) is 24.3 Å². The molecule has 0 radical (unpaired) electrons. The zero-order valence-electron chi connectivity index (χ0n) is 16.4. The Morgan fingerprint density at radius 3 is 2.62 bits per heavy atom. The first-order chi connectivity index (χ1) is 13.7. The molecule has 0 unspecified atom stereocenters. The molecule has 1 aromatic carbocycles. The molecule has 0 saturated heterocycles. The van der Waals surface area contributed by atoms with Crippen molar-refractivity contribution in [3.8, 4) is 6.07 Å². The third kappa shape index (κ3) is 4.05. The Kier molecular flexibility index (Phi) is 5.52. The molecular formula is C20H19ClN6O2. The lowest BCUT2D eigenvalue weighted by molar-refractivity contribution is 0.0691. The van der Waals surface area contributed by atoms with E-state index in [4.69, 9.17) is 11.6 Å². The minimum atomic E-state index is -1.18. The summed E-state index contributed by atoms with van der Waals surface area (Å²) in [5.41, 5.74) is 3.44. The van der Waals surface area contributed by atoms with Gasteiger partial charge in [0.05, 0.1) is 22.8 Å². The number of nitriles is 1. The summed E-state index contributed by atoms with van der Waals surface area (Å²) < 4.78 is 0. The Balaban J connectivity index is 2.13. The van der Waals surface area contributed by atoms with Gasteiger partial charge >= 0.3 is 5.97 Å². The average Bonchev–Trinajstić information content (AvgIpc) is 2.67. The number of halogens is 1. The highest BCUT2D eigenvalue weighted by Gasteiger charge is 2.19. The van der Waals surface area contributed by atoms with Crippen LogP contribution in [0.25, 0.3) is 11.0 Å². The Morgan fingerprint density at radius 1 is 1.28 bits per heavy atom. The van der Waals surface area contributed by atoms with Crippen molar-refractivity contribution >= 4 is 40.1 Å². The fourth-order valence-corrected chi connectivity index (χ4v) is 3.21. The number of nitrogens with one attached hydrogen (secondary N) is 1. The lowest BCUT2D eigenvalue weighted by Gasteiger charge is -2.20. The van der Waals surface area contributed by atoms with Gasteiger partial charge < -0.3 is 15.3 Å². The Labute approximate surface area is 172 Å². The number of aromatic nitrogens is 3. The van der Waals surface area contributed by atoms with Gasteiger partial charge in [0, 0.05) is 19.7 Å². The summed E-state index contributed by atoms with van der Waals surface area (Å²) in [6.45, 7) is 3.82. The molecule has 0 amide bonds. The minimum Gasteiger partial charge on any atom is -0.476 e. The molecule has 148 valence electrons. The summed E-state index contributed by atoms with van der Waals surface area (Å²) in [5.74, 6) is -0.707. The standard InChI is InChI=1S/C20H19ClN6O2/c1-10-7-12(11(2)23-13-5-6-16(21)25-18(13)20(28)29)17-14(8-10)24-15(9-22)19(26-17)27(3)4/h5-8,11,23H,1-4H3,(H,28,29)/t11-/m1/s1. The van der Waals surface area contributed by atoms with Crippen molar-refractivity contribution in [2.45, 2.75) is 19.9 Å². The quantitative estimate of drug-likeness (QED) is 0.610. The van der Waals surface area contributed by atoms with Crippen LogP contribution in [0.5, 0.6) is 0 Å². The smallest absolute Gasteiger partial charge is 0.356 e. The number of fused-ring (bicyclic) bond motifs is 1. The summed E-state index contributed by atoms with van der Waals surface area (Å²) in [4.78, 5) is 26.3. The van der Waals surface area contributed by atoms with E-state index in [1.807, 2.05) is 26.0 Å². The van der Waals surface area contributed by atoms with Crippen LogP contribution in [-0.4, -0.2) is 40.1 Å². The number of carbonyl (C=O) groups is 1. The van der Waals surface area contributed by atoms with Gasteiger partial charge in [-0.15, -0.1) is 0 Å². The van der Waals surface area contributed by atoms with Gasteiger partial charge in [-0.1, -0.05) is 17.7 Å². The Morgan fingerprint density at radius 2 is 2.00 bits per heavy atom. The number of hydrogen-bond donors (Lipinski definition) is 2. The number of aryl methyl sites for hydroxylation is 1. The van der Waals surface area contributed by atoms with Crippen LogP contribution < -0.4 is 10.2 Å². The van der Waals surface area contributed by atoms with Crippen molar-refractivity contribution in [1.82, 2.24) is 15.0 Å². The van der Waals surface area contributed by atoms with Gasteiger partial charge in [0.25, 0.3) is 0 Å². The maximum Gasteiger partial charge on any atom is 0.356 e. The second-order valence-electron chi connectivity index (χ2n) is 6.83. The van der Waals surface area contributed by atoms with E-state index in [2.05, 4.69) is 26.3 Å². The first-order valence-corrected chi connectivity index (χ1v) is 9.15. The van der Waals surface area contributed by atoms with Crippen molar-refractivity contribution in [1.29, 1.82) is 5.26 Å². The second kappa shape index (κ2) is 7.89. The zero-order chi connectivity index (χ0) is 21.3. The van der Waals surface area contributed by atoms with Crippen molar-refractivity contribution in [2.24, 2.45) is 0 Å². The number of benzene rings is 1. The predicted molar refractivity (Wildman–Crippen MR) is 112 cm³/mol. The molecule has 2 aromatic heterocycles. The zero-order valence-corrected chi connectivity index (χ0v) is 17.1. The maximum absolute atomic E-state index is 11.5. The number of rotatable bonds is 5. The number of carboxylic acid groups (broad SMARTS) is 1. The SMILES string of the molecule is Cc1cc([C@@H](C)Nc2ccc(Cl)nc2C(=O)O)c2nc(N(C)C)c(C#N)nc2c1. The molecule has 0 aliphatic heterocycles. The van der Waals surface area contributed by atoms with E-state index in [-0.39, 0.29) is 22.6 Å². The van der Waals surface area contributed by atoms with Crippen LogP contribution in [0.2, 0.25) is 5.15 Å². The van der Waals surface area contributed by atoms with Gasteiger partial charge in [-0.25, -0.2) is 19.7 Å². The van der Waals surface area contributed by atoms with Crippen LogP contribution in [0.15, 0.2) is 24.3 Å². The van der Waals surface area contributed by atoms with Crippen molar-refractivity contribution in [3.63, 3.8) is 0 Å². The molecule has 2 heterocycles. The lowest BCUT2D eigenvalue weighted by atomic mass is 10.0. The molecule has 9 heteroatoms. The van der Waals surface area contributed by atoms with Crippen molar-refractivity contribution in [3.05, 3.63) is 51.9 Å². The van der Waals surface area contributed by atoms with Crippen molar-refractivity contribution < 1.29 is 9.90 Å². The van der Waals surface area contributed by atoms with E-state index in [0.29, 0.717) is 22.5 Å². The molecule has 29 heavy (non-hydrogen) atoms. The number of anilines is 2. The third-order valence-electron chi connectivity index (χ3n) is 4.36. The number of carboxylic acids is 1. The van der Waals surface area contributed by atoms with Gasteiger partial charge in [0.2, 0.25) is 0 Å². The van der Waals surface area contributed by atoms with E-state index in [1.54, 1.807) is 25.1 Å². The molecule has 0 fully saturated rings. The Bertz CT molecular complexity index is 1160. The second-order valence-corrected chi connectivity index (χ2v) is 7.21. The lowest BCUT2D eigenvalue weighted by Crippen LogP contribution is -2.16. The molecule has 0 bridgehead atoms. The van der Waals surface area contributed by atoms with Gasteiger partial charge in [0.15, 0.2) is 17.2 Å². The average molecular weight is 411 g/mol. The summed E-state index contributed by atoms with van der Waals surface area (Å²) in [7, 11) is 3.59. The normalized spacial score (nSPS) is 11.7. The molecule has 0 aliphatic rings. The summed E-state index contributed by atoms with van der Waals surface area (Å²) in [6.07, 6.45) is 0. The predicted octanol–water partition coefficient (Wildman–Crippen LogP) is 3.80. The highest BCUT2D eigenvalue weighted by atomic mass is 35.5. The number of pyridine rings is 1. The van der Waals surface area contributed by atoms with E-state index in [1.165, 1.54) is 6.07 Å². The van der Waals surface area contributed by atoms with E-state index >= 15 is 0 Å². The summed E-state index contributed by atoms with van der Waals surface area (Å²) >= 11 is 5.84. The molecule has 3 aromatic rings. The highest BCUT2D eigenvalue weighted by molar-refractivity contribution is 6.29. The molecule has 2 N–H and O–H groups in total. The molecule has 3 rings (SSSR count). The topological polar surface area (TPSA) is 115 Å². The largest absolute Gasteiger partial charge is 0.476 e. The first kappa shape index (κ1) is 20.3. The van der Waals surface area contributed by atoms with Gasteiger partial charge in [-0.05, 0) is 37.6 Å². The molecule has 0 saturated carbocycles. The fourth-order valence-electron chi connectivity index (χ4n) is 3.07. The van der Waals surface area contributed by atoms with Crippen LogP contribution in [0, 0.1) is 18.3 Å². The Hall–Kier alpha value is -3.44. The first-order valence-electron chi connectivity index (χ1n) is 8.77. The van der Waals surface area contributed by atoms with Crippen LogP contribution in [-0.2, 0) is 0 Å². The van der Waals surface area contributed by atoms with Crippen LogP contribution in [0.3, 0.4) is 0 Å². The number of hydrogen-bond acceptors (Lipinski definition) is 7. The maximum atomic E-state index is 11.5.